The Labute approximate surface area is 219 Å². The Balaban J connectivity index is 3.03. The zero-order valence-corrected chi connectivity index (χ0v) is 21.6. The van der Waals surface area contributed by atoms with Crippen molar-refractivity contribution in [2.75, 3.05) is 18.6 Å². The van der Waals surface area contributed by atoms with Crippen LogP contribution in [0.3, 0.4) is 0 Å². The predicted molar refractivity (Wildman–Crippen MR) is 136 cm³/mol. The van der Waals surface area contributed by atoms with Crippen LogP contribution in [0.25, 0.3) is 0 Å². The second-order valence-corrected chi connectivity index (χ2v) is 9.39. The Morgan fingerprint density at radius 2 is 1.62 bits per heavy atom. The number of carboxylic acids is 2. The Morgan fingerprint density at radius 1 is 0.973 bits per heavy atom. The molecule has 15 heteroatoms. The number of aliphatic carboxylic acids is 2. The summed E-state index contributed by atoms with van der Waals surface area (Å²) in [4.78, 5) is 67.8. The van der Waals surface area contributed by atoms with E-state index in [0.29, 0.717) is 37.3 Å². The van der Waals surface area contributed by atoms with Crippen LogP contribution >= 0.6 is 11.8 Å². The highest BCUT2D eigenvalue weighted by molar-refractivity contribution is 7.98. The van der Waals surface area contributed by atoms with Crippen LogP contribution in [0, 0.1) is 0 Å². The zero-order valence-electron chi connectivity index (χ0n) is 20.8. The number of aromatic amines is 1. The van der Waals surface area contributed by atoms with Crippen molar-refractivity contribution in [3.05, 3.63) is 18.2 Å². The van der Waals surface area contributed by atoms with Crippen molar-refractivity contribution in [2.24, 2.45) is 11.5 Å². The highest BCUT2D eigenvalue weighted by Crippen LogP contribution is 2.07. The second-order valence-electron chi connectivity index (χ2n) is 8.41. The number of H-pyrrole nitrogens is 1. The largest absolute Gasteiger partial charge is 0.481 e. The number of hydrogen-bond acceptors (Lipinski definition) is 9. The molecule has 0 aliphatic heterocycles. The van der Waals surface area contributed by atoms with Gasteiger partial charge in [0.2, 0.25) is 17.7 Å². The lowest BCUT2D eigenvalue weighted by atomic mass is 10.0. The van der Waals surface area contributed by atoms with E-state index >= 15 is 0 Å². The monoisotopic (exact) mass is 543 g/mol. The molecule has 3 amide bonds. The first-order chi connectivity index (χ1) is 17.6. The van der Waals surface area contributed by atoms with Gasteiger partial charge in [-0.15, -0.1) is 0 Å². The highest BCUT2D eigenvalue weighted by atomic mass is 32.2. The number of nitrogens with zero attached hydrogens (tertiary/aromatic N) is 1. The van der Waals surface area contributed by atoms with E-state index in [4.69, 9.17) is 16.6 Å². The molecule has 0 spiro atoms. The number of carbonyl (C=O) groups excluding carboxylic acids is 3. The fraction of sp³-hybridized carbons (Fsp3) is 0.636. The van der Waals surface area contributed by atoms with Crippen molar-refractivity contribution < 1.29 is 34.2 Å². The topological polar surface area (TPSA) is 243 Å². The molecule has 4 atom stereocenters. The van der Waals surface area contributed by atoms with E-state index in [9.17, 15) is 29.1 Å². The second kappa shape index (κ2) is 17.3. The van der Waals surface area contributed by atoms with Gasteiger partial charge in [-0.3, -0.25) is 19.2 Å². The smallest absolute Gasteiger partial charge is 0.326 e. The summed E-state index contributed by atoms with van der Waals surface area (Å²) in [6.07, 6.45) is 5.65. The van der Waals surface area contributed by atoms with E-state index in [0.717, 1.165) is 0 Å². The molecule has 1 aromatic rings. The van der Waals surface area contributed by atoms with E-state index < -0.39 is 60.2 Å². The lowest BCUT2D eigenvalue weighted by Crippen LogP contribution is -2.57. The van der Waals surface area contributed by atoms with Crippen molar-refractivity contribution in [3.63, 3.8) is 0 Å². The van der Waals surface area contributed by atoms with Gasteiger partial charge in [-0.2, -0.15) is 11.8 Å². The summed E-state index contributed by atoms with van der Waals surface area (Å²) in [5, 5.41) is 25.8. The third-order valence-electron chi connectivity index (χ3n) is 5.42. The first-order valence-electron chi connectivity index (χ1n) is 11.9. The Hall–Kier alpha value is -3.17. The number of amides is 3. The number of nitrogens with two attached hydrogens (primary N) is 2. The number of imidazole rings is 1. The lowest BCUT2D eigenvalue weighted by Gasteiger charge is -2.25. The van der Waals surface area contributed by atoms with Crippen molar-refractivity contribution in [3.8, 4) is 0 Å². The van der Waals surface area contributed by atoms with Crippen LogP contribution in [-0.4, -0.2) is 92.6 Å². The van der Waals surface area contributed by atoms with E-state index in [1.54, 1.807) is 0 Å². The molecular weight excluding hydrogens is 506 g/mol. The molecule has 10 N–H and O–H groups in total. The van der Waals surface area contributed by atoms with Gasteiger partial charge in [0.25, 0.3) is 0 Å². The molecule has 208 valence electrons. The average Bonchev–Trinajstić information content (AvgIpc) is 3.36. The normalized spacial score (nSPS) is 14.1. The molecule has 0 saturated heterocycles. The van der Waals surface area contributed by atoms with Crippen LogP contribution in [0.4, 0.5) is 0 Å². The fourth-order valence-electron chi connectivity index (χ4n) is 3.31. The molecule has 0 fully saturated rings. The summed E-state index contributed by atoms with van der Waals surface area (Å²) in [7, 11) is 0. The van der Waals surface area contributed by atoms with Gasteiger partial charge in [-0.1, -0.05) is 0 Å². The lowest BCUT2D eigenvalue weighted by molar-refractivity contribution is -0.143. The molecule has 14 nitrogen and oxygen atoms in total. The molecule has 0 saturated carbocycles. The average molecular weight is 544 g/mol. The molecule has 1 aromatic heterocycles. The predicted octanol–water partition coefficient (Wildman–Crippen LogP) is -1.43. The number of unbranched alkanes of at least 4 members (excludes halogenated alkanes) is 1. The first-order valence-corrected chi connectivity index (χ1v) is 13.3. The number of carbonyl (C=O) groups is 5. The maximum Gasteiger partial charge on any atom is 0.326 e. The van der Waals surface area contributed by atoms with Gasteiger partial charge in [0.15, 0.2) is 0 Å². The zero-order chi connectivity index (χ0) is 27.8. The summed E-state index contributed by atoms with van der Waals surface area (Å²) in [5.74, 6) is -3.94. The summed E-state index contributed by atoms with van der Waals surface area (Å²) in [5.41, 5.74) is 12.0. The Morgan fingerprint density at radius 3 is 2.19 bits per heavy atom. The number of rotatable bonds is 19. The maximum absolute atomic E-state index is 13.2. The molecule has 0 radical (unpaired) electrons. The van der Waals surface area contributed by atoms with Gasteiger partial charge in [-0.05, 0) is 50.7 Å². The molecule has 0 aliphatic rings. The Bertz CT molecular complexity index is 885. The summed E-state index contributed by atoms with van der Waals surface area (Å²) < 4.78 is 0. The third kappa shape index (κ3) is 12.6. The summed E-state index contributed by atoms with van der Waals surface area (Å²) in [6.45, 7) is 0.396. The van der Waals surface area contributed by atoms with Crippen LogP contribution in [-0.2, 0) is 30.4 Å². The van der Waals surface area contributed by atoms with Gasteiger partial charge in [0.05, 0.1) is 12.4 Å². The molecule has 4 unspecified atom stereocenters. The van der Waals surface area contributed by atoms with E-state index in [1.165, 1.54) is 24.3 Å². The number of hydrogen-bond donors (Lipinski definition) is 8. The molecule has 1 rings (SSSR count). The number of carboxylic acid groups (broad SMARTS) is 2. The van der Waals surface area contributed by atoms with Gasteiger partial charge < -0.3 is 42.6 Å². The van der Waals surface area contributed by atoms with Crippen LogP contribution in [0.2, 0.25) is 0 Å². The minimum atomic E-state index is -1.47. The SMILES string of the molecule is CSCCC(N)C(=O)NC(CCCCN)C(=O)NC(Cc1cnc[nH]1)C(=O)NC(CCC(=O)O)C(=O)O. The molecular formula is C22H37N7O7S. The van der Waals surface area contributed by atoms with E-state index in [-0.39, 0.29) is 19.3 Å². The first kappa shape index (κ1) is 31.9. The number of thioether (sulfide) groups is 1. The van der Waals surface area contributed by atoms with Crippen molar-refractivity contribution in [1.29, 1.82) is 0 Å². The van der Waals surface area contributed by atoms with Crippen LogP contribution in [0.15, 0.2) is 12.5 Å². The molecule has 37 heavy (non-hydrogen) atoms. The number of nitrogens with one attached hydrogen (secondary N) is 4. The van der Waals surface area contributed by atoms with Gasteiger partial charge in [0.1, 0.15) is 18.1 Å². The van der Waals surface area contributed by atoms with E-state index in [1.807, 2.05) is 6.26 Å². The summed E-state index contributed by atoms with van der Waals surface area (Å²) in [6, 6.07) is -4.52. The van der Waals surface area contributed by atoms with Crippen molar-refractivity contribution in [1.82, 2.24) is 25.9 Å². The molecule has 0 aromatic carbocycles. The van der Waals surface area contributed by atoms with Crippen LogP contribution in [0.5, 0.6) is 0 Å². The van der Waals surface area contributed by atoms with Gasteiger partial charge >= 0.3 is 11.9 Å². The fourth-order valence-corrected chi connectivity index (χ4v) is 3.80. The Kier molecular flexibility index (Phi) is 14.9. The number of aromatic nitrogens is 2. The minimum Gasteiger partial charge on any atom is -0.481 e. The minimum absolute atomic E-state index is 0.0560. The molecule has 0 bridgehead atoms. The third-order valence-corrected chi connectivity index (χ3v) is 6.07. The highest BCUT2D eigenvalue weighted by Gasteiger charge is 2.30. The van der Waals surface area contributed by atoms with E-state index in [2.05, 4.69) is 25.9 Å². The quantitative estimate of drug-likeness (QED) is 0.0939. The van der Waals surface area contributed by atoms with Gasteiger partial charge in [-0.25, -0.2) is 9.78 Å². The van der Waals surface area contributed by atoms with Crippen molar-refractivity contribution in [2.45, 2.75) is 69.1 Å². The molecule has 0 aliphatic carbocycles. The maximum atomic E-state index is 13.2. The van der Waals surface area contributed by atoms with Crippen molar-refractivity contribution >= 4 is 41.4 Å². The van der Waals surface area contributed by atoms with Crippen LogP contribution < -0.4 is 27.4 Å². The summed E-state index contributed by atoms with van der Waals surface area (Å²) >= 11 is 1.53. The van der Waals surface area contributed by atoms with Gasteiger partial charge in [0, 0.05) is 24.7 Å². The van der Waals surface area contributed by atoms with Crippen LogP contribution in [0.1, 0.15) is 44.2 Å². The molecule has 1 heterocycles. The standard InChI is InChI=1S/C22H37N7O7S/c1-37-9-7-14(24)19(32)27-15(4-2-3-8-23)20(33)29-17(10-13-11-25-12-26-13)21(34)28-16(22(35)36)5-6-18(30)31/h11-12,14-17H,2-10,23-24H2,1H3,(H,25,26)(H,27,32)(H,28,34)(H,29,33)(H,30,31)(H,35,36).